The largest absolute Gasteiger partial charge is 0.496 e. The van der Waals surface area contributed by atoms with Gasteiger partial charge in [0.05, 0.1) is 13.7 Å². The summed E-state index contributed by atoms with van der Waals surface area (Å²) in [5, 5.41) is 3.44. The minimum Gasteiger partial charge on any atom is -0.496 e. The van der Waals surface area contributed by atoms with Crippen molar-refractivity contribution in [2.24, 2.45) is 5.92 Å². The molecule has 0 saturated carbocycles. The molecule has 3 nitrogen and oxygen atoms in total. The Hall–Kier alpha value is -1.13. The number of benzene rings is 1. The molecular weight excluding hydrogens is 245 g/mol. The Kier molecular flexibility index (Phi) is 5.16. The van der Waals surface area contributed by atoms with Gasteiger partial charge in [0.1, 0.15) is 11.6 Å². The van der Waals surface area contributed by atoms with E-state index >= 15 is 0 Å². The second-order valence-corrected chi connectivity index (χ2v) is 4.90. The first-order valence-electron chi connectivity index (χ1n) is 6.90. The minimum absolute atomic E-state index is 0.0796. The quantitative estimate of drug-likeness (QED) is 0.889. The van der Waals surface area contributed by atoms with Crippen molar-refractivity contribution in [3.8, 4) is 5.75 Å². The molecule has 19 heavy (non-hydrogen) atoms. The summed E-state index contributed by atoms with van der Waals surface area (Å²) in [5.74, 6) is 0.873. The SMILES string of the molecule is CCNC(c1cc(F)ccc1OC)C1CCCOC1. The van der Waals surface area contributed by atoms with Gasteiger partial charge in [0.25, 0.3) is 0 Å². The lowest BCUT2D eigenvalue weighted by Gasteiger charge is -2.32. The van der Waals surface area contributed by atoms with E-state index in [-0.39, 0.29) is 11.9 Å². The second kappa shape index (κ2) is 6.87. The van der Waals surface area contributed by atoms with Gasteiger partial charge in [-0.15, -0.1) is 0 Å². The van der Waals surface area contributed by atoms with Crippen LogP contribution in [-0.4, -0.2) is 26.9 Å². The second-order valence-electron chi connectivity index (χ2n) is 4.90. The van der Waals surface area contributed by atoms with Gasteiger partial charge in [0, 0.05) is 24.1 Å². The van der Waals surface area contributed by atoms with Crippen LogP contribution in [0.1, 0.15) is 31.4 Å². The Balaban J connectivity index is 2.28. The average molecular weight is 267 g/mol. The third-order valence-electron chi connectivity index (χ3n) is 3.62. The zero-order chi connectivity index (χ0) is 13.7. The molecule has 2 unspecified atom stereocenters. The van der Waals surface area contributed by atoms with E-state index in [4.69, 9.17) is 9.47 Å². The van der Waals surface area contributed by atoms with E-state index in [2.05, 4.69) is 12.2 Å². The van der Waals surface area contributed by atoms with Crippen LogP contribution >= 0.6 is 0 Å². The zero-order valence-electron chi connectivity index (χ0n) is 11.6. The highest BCUT2D eigenvalue weighted by Crippen LogP contribution is 2.34. The van der Waals surface area contributed by atoms with Crippen molar-refractivity contribution in [2.45, 2.75) is 25.8 Å². The number of ether oxygens (including phenoxy) is 2. The summed E-state index contributed by atoms with van der Waals surface area (Å²) in [5.41, 5.74) is 0.889. The van der Waals surface area contributed by atoms with Gasteiger partial charge >= 0.3 is 0 Å². The molecule has 0 spiro atoms. The van der Waals surface area contributed by atoms with Crippen LogP contribution in [0.4, 0.5) is 4.39 Å². The molecule has 0 bridgehead atoms. The van der Waals surface area contributed by atoms with E-state index in [0.717, 1.165) is 43.9 Å². The first-order valence-corrected chi connectivity index (χ1v) is 6.90. The summed E-state index contributed by atoms with van der Waals surface area (Å²) in [6.07, 6.45) is 2.15. The van der Waals surface area contributed by atoms with Crippen molar-refractivity contribution < 1.29 is 13.9 Å². The smallest absolute Gasteiger partial charge is 0.123 e. The lowest BCUT2D eigenvalue weighted by molar-refractivity contribution is 0.0389. The minimum atomic E-state index is -0.226. The maximum absolute atomic E-state index is 13.5. The highest BCUT2D eigenvalue weighted by Gasteiger charge is 2.27. The van der Waals surface area contributed by atoms with Gasteiger partial charge in [0.2, 0.25) is 0 Å². The van der Waals surface area contributed by atoms with Crippen LogP contribution in [0.3, 0.4) is 0 Å². The van der Waals surface area contributed by atoms with Crippen molar-refractivity contribution in [1.82, 2.24) is 5.32 Å². The predicted molar refractivity (Wildman–Crippen MR) is 72.9 cm³/mol. The van der Waals surface area contributed by atoms with Crippen LogP contribution in [-0.2, 0) is 4.74 Å². The van der Waals surface area contributed by atoms with Crippen molar-refractivity contribution in [2.75, 3.05) is 26.9 Å². The first-order chi connectivity index (χ1) is 9.26. The molecule has 0 aromatic heterocycles. The van der Waals surface area contributed by atoms with E-state index in [0.29, 0.717) is 5.92 Å². The van der Waals surface area contributed by atoms with Gasteiger partial charge in [-0.25, -0.2) is 4.39 Å². The Labute approximate surface area is 114 Å². The van der Waals surface area contributed by atoms with Crippen molar-refractivity contribution in [3.05, 3.63) is 29.6 Å². The third-order valence-corrected chi connectivity index (χ3v) is 3.62. The molecule has 1 saturated heterocycles. The summed E-state index contributed by atoms with van der Waals surface area (Å²) in [7, 11) is 1.62. The molecule has 0 radical (unpaired) electrons. The van der Waals surface area contributed by atoms with Crippen LogP contribution in [0.15, 0.2) is 18.2 Å². The molecule has 1 heterocycles. The molecule has 1 fully saturated rings. The first kappa shape index (κ1) is 14.3. The third kappa shape index (κ3) is 3.45. The van der Waals surface area contributed by atoms with Crippen LogP contribution < -0.4 is 10.1 Å². The standard InChI is InChI=1S/C15H22FNO2/c1-3-17-15(11-5-4-8-19-10-11)13-9-12(16)6-7-14(13)18-2/h6-7,9,11,15,17H,3-5,8,10H2,1-2H3. The number of methoxy groups -OCH3 is 1. The molecule has 1 aliphatic heterocycles. The van der Waals surface area contributed by atoms with Gasteiger partial charge < -0.3 is 14.8 Å². The van der Waals surface area contributed by atoms with E-state index in [9.17, 15) is 4.39 Å². The van der Waals surface area contributed by atoms with Gasteiger partial charge in [-0.2, -0.15) is 0 Å². The van der Waals surface area contributed by atoms with Crippen molar-refractivity contribution >= 4 is 0 Å². The predicted octanol–water partition coefficient (Wildman–Crippen LogP) is 2.91. The van der Waals surface area contributed by atoms with Gasteiger partial charge in [0.15, 0.2) is 0 Å². The molecular formula is C15H22FNO2. The van der Waals surface area contributed by atoms with E-state index in [1.807, 2.05) is 0 Å². The maximum Gasteiger partial charge on any atom is 0.123 e. The van der Waals surface area contributed by atoms with Gasteiger partial charge in [-0.1, -0.05) is 6.92 Å². The maximum atomic E-state index is 13.5. The number of rotatable bonds is 5. The summed E-state index contributed by atoms with van der Waals surface area (Å²) in [6, 6.07) is 4.78. The Morgan fingerprint density at radius 3 is 3.00 bits per heavy atom. The van der Waals surface area contributed by atoms with E-state index in [1.165, 1.54) is 6.07 Å². The van der Waals surface area contributed by atoms with Crippen LogP contribution in [0.5, 0.6) is 5.75 Å². The van der Waals surface area contributed by atoms with Crippen molar-refractivity contribution in [3.63, 3.8) is 0 Å². The summed E-state index contributed by atoms with van der Waals surface area (Å²) in [4.78, 5) is 0. The Morgan fingerprint density at radius 1 is 1.53 bits per heavy atom. The zero-order valence-corrected chi connectivity index (χ0v) is 11.6. The van der Waals surface area contributed by atoms with Gasteiger partial charge in [-0.05, 0) is 37.6 Å². The molecule has 0 amide bonds. The molecule has 1 aromatic carbocycles. The molecule has 4 heteroatoms. The van der Waals surface area contributed by atoms with Crippen LogP contribution in [0, 0.1) is 11.7 Å². The highest BCUT2D eigenvalue weighted by molar-refractivity contribution is 5.37. The van der Waals surface area contributed by atoms with E-state index in [1.54, 1.807) is 19.2 Å². The average Bonchev–Trinajstić information content (AvgIpc) is 2.45. The fourth-order valence-corrected chi connectivity index (χ4v) is 2.73. The molecule has 2 atom stereocenters. The normalized spacial score (nSPS) is 21.1. The monoisotopic (exact) mass is 267 g/mol. The van der Waals surface area contributed by atoms with Crippen molar-refractivity contribution in [1.29, 1.82) is 0 Å². The van der Waals surface area contributed by atoms with Crippen LogP contribution in [0.2, 0.25) is 0 Å². The molecule has 106 valence electrons. The molecule has 0 aliphatic carbocycles. The summed E-state index contributed by atoms with van der Waals surface area (Å²) < 4.78 is 24.5. The fourth-order valence-electron chi connectivity index (χ4n) is 2.73. The molecule has 2 rings (SSSR count). The Bertz CT molecular complexity index is 405. The lowest BCUT2D eigenvalue weighted by Crippen LogP contribution is -2.33. The molecule has 1 aromatic rings. The number of nitrogens with one attached hydrogen (secondary N) is 1. The summed E-state index contributed by atoms with van der Waals surface area (Å²) >= 11 is 0. The molecule has 1 N–H and O–H groups in total. The Morgan fingerprint density at radius 2 is 2.37 bits per heavy atom. The topological polar surface area (TPSA) is 30.5 Å². The van der Waals surface area contributed by atoms with E-state index < -0.39 is 0 Å². The number of hydrogen-bond donors (Lipinski definition) is 1. The summed E-state index contributed by atoms with van der Waals surface area (Å²) in [6.45, 7) is 4.44. The number of hydrogen-bond acceptors (Lipinski definition) is 3. The highest BCUT2D eigenvalue weighted by atomic mass is 19.1. The van der Waals surface area contributed by atoms with Crippen LogP contribution in [0.25, 0.3) is 0 Å². The molecule has 1 aliphatic rings. The lowest BCUT2D eigenvalue weighted by atomic mass is 9.88. The number of halogens is 1. The fraction of sp³-hybridized carbons (Fsp3) is 0.600. The van der Waals surface area contributed by atoms with Gasteiger partial charge in [-0.3, -0.25) is 0 Å².